The van der Waals surface area contributed by atoms with E-state index in [0.717, 1.165) is 0 Å². The second-order valence-corrected chi connectivity index (χ2v) is 2.52. The van der Waals surface area contributed by atoms with E-state index in [-0.39, 0.29) is 12.0 Å². The molecule has 0 aliphatic heterocycles. The summed E-state index contributed by atoms with van der Waals surface area (Å²) in [4.78, 5) is 14.2. The molecule has 0 radical (unpaired) electrons. The minimum absolute atomic E-state index is 0.204. The molecule has 0 aliphatic carbocycles. The fourth-order valence-corrected chi connectivity index (χ4v) is 0.778. The van der Waals surface area contributed by atoms with Gasteiger partial charge in [-0.15, -0.1) is 10.1 Å². The maximum atomic E-state index is 9.86. The van der Waals surface area contributed by atoms with Crippen molar-refractivity contribution in [1.29, 1.82) is 0 Å². The first-order chi connectivity index (χ1) is 4.57. The van der Waals surface area contributed by atoms with E-state index in [1.165, 1.54) is 0 Å². The molecule has 0 fully saturated rings. The van der Waals surface area contributed by atoms with E-state index >= 15 is 0 Å². The second-order valence-electron chi connectivity index (χ2n) is 2.52. The molecule has 0 spiro atoms. The highest BCUT2D eigenvalue weighted by atomic mass is 17.0. The third-order valence-electron chi connectivity index (χ3n) is 1.37. The molecule has 0 bridgehead atoms. The lowest BCUT2D eigenvalue weighted by atomic mass is 10.1. The fraction of sp³-hybridized carbons (Fsp3) is 1.00. The van der Waals surface area contributed by atoms with Crippen molar-refractivity contribution in [1.82, 2.24) is 0 Å². The molecule has 60 valence electrons. The van der Waals surface area contributed by atoms with Crippen LogP contribution in [0.2, 0.25) is 0 Å². The van der Waals surface area contributed by atoms with E-state index in [1.807, 2.05) is 20.8 Å². The molecule has 0 aliphatic rings. The van der Waals surface area contributed by atoms with Gasteiger partial charge in [0.2, 0.25) is 0 Å². The third-order valence-corrected chi connectivity index (χ3v) is 1.37. The minimum Gasteiger partial charge on any atom is -0.310 e. The molecule has 0 amide bonds. The zero-order valence-corrected chi connectivity index (χ0v) is 6.53. The summed E-state index contributed by atoms with van der Waals surface area (Å²) in [5.41, 5.74) is 0. The second kappa shape index (κ2) is 4.09. The summed E-state index contributed by atoms with van der Waals surface area (Å²) in [6.07, 6.45) is 0.425. The lowest BCUT2D eigenvalue weighted by molar-refractivity contribution is -0.770. The van der Waals surface area contributed by atoms with Crippen LogP contribution in [0.25, 0.3) is 0 Å². The highest BCUT2D eigenvalue weighted by molar-refractivity contribution is 4.56. The molecule has 0 rings (SSSR count). The van der Waals surface area contributed by atoms with Crippen LogP contribution in [0.15, 0.2) is 0 Å². The van der Waals surface area contributed by atoms with Crippen LogP contribution in [-0.2, 0) is 4.84 Å². The molecule has 0 N–H and O–H groups in total. The van der Waals surface area contributed by atoms with Crippen LogP contribution in [0.3, 0.4) is 0 Å². The summed E-state index contributed by atoms with van der Waals surface area (Å²) in [5, 5.41) is 9.13. The van der Waals surface area contributed by atoms with Gasteiger partial charge in [-0.2, -0.15) is 0 Å². The fourth-order valence-electron chi connectivity index (χ4n) is 0.778. The van der Waals surface area contributed by atoms with Crippen LogP contribution < -0.4 is 0 Å². The Bertz CT molecular complexity index is 114. The molecule has 0 aromatic heterocycles. The zero-order valence-electron chi connectivity index (χ0n) is 6.53. The van der Waals surface area contributed by atoms with Crippen LogP contribution in [0.1, 0.15) is 27.2 Å². The van der Waals surface area contributed by atoms with Crippen molar-refractivity contribution in [3.63, 3.8) is 0 Å². The Kier molecular flexibility index (Phi) is 3.76. The molecular formula is C6H13NO3. The van der Waals surface area contributed by atoms with Gasteiger partial charge in [-0.05, 0) is 12.3 Å². The van der Waals surface area contributed by atoms with Crippen molar-refractivity contribution in [3.8, 4) is 0 Å². The van der Waals surface area contributed by atoms with E-state index < -0.39 is 5.09 Å². The van der Waals surface area contributed by atoms with Gasteiger partial charge in [0.25, 0.3) is 5.09 Å². The first-order valence-corrected chi connectivity index (χ1v) is 3.39. The smallest absolute Gasteiger partial charge is 0.294 e. The van der Waals surface area contributed by atoms with Crippen molar-refractivity contribution in [3.05, 3.63) is 10.1 Å². The first kappa shape index (κ1) is 9.20. The van der Waals surface area contributed by atoms with E-state index in [0.29, 0.717) is 6.42 Å². The maximum Gasteiger partial charge on any atom is 0.294 e. The van der Waals surface area contributed by atoms with Crippen molar-refractivity contribution in [2.75, 3.05) is 0 Å². The Morgan fingerprint density at radius 3 is 2.20 bits per heavy atom. The average Bonchev–Trinajstić information content (AvgIpc) is 1.81. The molecule has 4 heteroatoms. The van der Waals surface area contributed by atoms with Crippen LogP contribution in [0, 0.1) is 16.0 Å². The Labute approximate surface area is 60.3 Å². The summed E-state index contributed by atoms with van der Waals surface area (Å²) in [5.74, 6) is 0.204. The lowest BCUT2D eigenvalue weighted by Crippen LogP contribution is -2.21. The molecule has 4 nitrogen and oxygen atoms in total. The van der Waals surface area contributed by atoms with E-state index in [2.05, 4.69) is 4.84 Å². The molecule has 0 heterocycles. The predicted molar refractivity (Wildman–Crippen MR) is 37.0 cm³/mol. The molecule has 10 heavy (non-hydrogen) atoms. The van der Waals surface area contributed by atoms with E-state index in [4.69, 9.17) is 0 Å². The van der Waals surface area contributed by atoms with Crippen molar-refractivity contribution in [2.24, 2.45) is 5.92 Å². The molecule has 0 aromatic carbocycles. The van der Waals surface area contributed by atoms with Crippen LogP contribution in [0.5, 0.6) is 0 Å². The summed E-state index contributed by atoms with van der Waals surface area (Å²) in [6.45, 7) is 5.67. The third kappa shape index (κ3) is 3.27. The van der Waals surface area contributed by atoms with Crippen molar-refractivity contribution < 1.29 is 9.92 Å². The Balaban J connectivity index is 3.71. The van der Waals surface area contributed by atoms with E-state index in [9.17, 15) is 10.1 Å². The van der Waals surface area contributed by atoms with Crippen LogP contribution in [0.4, 0.5) is 0 Å². The number of hydrogen-bond donors (Lipinski definition) is 0. The topological polar surface area (TPSA) is 52.4 Å². The average molecular weight is 147 g/mol. The first-order valence-electron chi connectivity index (χ1n) is 3.39. The van der Waals surface area contributed by atoms with E-state index in [1.54, 1.807) is 0 Å². The van der Waals surface area contributed by atoms with Crippen LogP contribution in [-0.4, -0.2) is 11.2 Å². The van der Waals surface area contributed by atoms with Gasteiger partial charge in [0.05, 0.1) is 0 Å². The molecule has 0 aromatic rings. The monoisotopic (exact) mass is 147 g/mol. The minimum atomic E-state index is -0.728. The predicted octanol–water partition coefficient (Wildman–Crippen LogP) is 1.63. The quantitative estimate of drug-likeness (QED) is 0.448. The maximum absolute atomic E-state index is 9.86. The Morgan fingerprint density at radius 2 is 2.10 bits per heavy atom. The van der Waals surface area contributed by atoms with Crippen molar-refractivity contribution in [2.45, 2.75) is 33.3 Å². The standard InChI is InChI=1S/C6H13NO3/c1-4-6(5(2)3)10-7(8)9/h5-6H,4H2,1-3H3. The normalized spacial score (nSPS) is 13.2. The highest BCUT2D eigenvalue weighted by Crippen LogP contribution is 2.09. The SMILES string of the molecule is CCC(O[N+](=O)[O-])C(C)C. The number of nitrogens with zero attached hydrogens (tertiary/aromatic N) is 1. The lowest BCUT2D eigenvalue weighted by Gasteiger charge is -2.15. The summed E-state index contributed by atoms with van der Waals surface area (Å²) in [7, 11) is 0. The van der Waals surface area contributed by atoms with Gasteiger partial charge in [-0.3, -0.25) is 0 Å². The molecular weight excluding hydrogens is 134 g/mol. The summed E-state index contributed by atoms with van der Waals surface area (Å²) < 4.78 is 0. The molecule has 1 unspecified atom stereocenters. The number of rotatable bonds is 4. The van der Waals surface area contributed by atoms with Crippen LogP contribution >= 0.6 is 0 Å². The number of hydrogen-bond acceptors (Lipinski definition) is 3. The molecule has 0 saturated carbocycles. The van der Waals surface area contributed by atoms with Gasteiger partial charge in [0.1, 0.15) is 6.10 Å². The van der Waals surface area contributed by atoms with Gasteiger partial charge in [0.15, 0.2) is 0 Å². The Hall–Kier alpha value is -0.800. The van der Waals surface area contributed by atoms with Gasteiger partial charge >= 0.3 is 0 Å². The molecule has 1 atom stereocenters. The van der Waals surface area contributed by atoms with Gasteiger partial charge in [-0.25, -0.2) is 0 Å². The van der Waals surface area contributed by atoms with Crippen molar-refractivity contribution >= 4 is 0 Å². The summed E-state index contributed by atoms with van der Waals surface area (Å²) >= 11 is 0. The molecule has 0 saturated heterocycles. The highest BCUT2D eigenvalue weighted by Gasteiger charge is 2.14. The Morgan fingerprint density at radius 1 is 1.60 bits per heavy atom. The van der Waals surface area contributed by atoms with Gasteiger partial charge < -0.3 is 4.84 Å². The summed E-state index contributed by atoms with van der Waals surface area (Å²) in [6, 6.07) is 0. The largest absolute Gasteiger partial charge is 0.310 e. The van der Waals surface area contributed by atoms with Gasteiger partial charge in [0, 0.05) is 0 Å². The van der Waals surface area contributed by atoms with Gasteiger partial charge in [-0.1, -0.05) is 20.8 Å². The zero-order chi connectivity index (χ0) is 8.15.